The van der Waals surface area contributed by atoms with E-state index in [4.69, 9.17) is 9.41 Å². The third-order valence-electron chi connectivity index (χ3n) is 5.53. The molecule has 2 heterocycles. The maximum Gasteiger partial charge on any atom is 0.191 e. The Labute approximate surface area is 162 Å². The van der Waals surface area contributed by atoms with Crippen LogP contribution in [0.2, 0.25) is 0 Å². The predicted octanol–water partition coefficient (Wildman–Crippen LogP) is 3.65. The van der Waals surface area contributed by atoms with Crippen LogP contribution < -0.4 is 10.6 Å². The quantitative estimate of drug-likeness (QED) is 0.560. The normalized spacial score (nSPS) is 26.0. The molecule has 1 aromatic heterocycles. The highest BCUT2D eigenvalue weighted by atomic mass is 32.2. The van der Waals surface area contributed by atoms with E-state index in [1.807, 2.05) is 17.8 Å². The predicted molar refractivity (Wildman–Crippen MR) is 111 cm³/mol. The molecule has 1 aliphatic carbocycles. The fourth-order valence-corrected chi connectivity index (χ4v) is 4.87. The minimum absolute atomic E-state index is 0.239. The summed E-state index contributed by atoms with van der Waals surface area (Å²) in [5, 5.41) is 7.88. The maximum atomic E-state index is 5.75. The molecule has 5 nitrogen and oxygen atoms in total. The number of rotatable bonds is 7. The van der Waals surface area contributed by atoms with Crippen molar-refractivity contribution in [1.82, 2.24) is 15.5 Å². The van der Waals surface area contributed by atoms with Crippen LogP contribution in [-0.4, -0.2) is 54.6 Å². The number of guanidine groups is 1. The molecule has 1 aromatic rings. The van der Waals surface area contributed by atoms with Crippen LogP contribution >= 0.6 is 11.8 Å². The van der Waals surface area contributed by atoms with E-state index in [0.717, 1.165) is 43.1 Å². The van der Waals surface area contributed by atoms with Gasteiger partial charge >= 0.3 is 0 Å². The first-order valence-corrected chi connectivity index (χ1v) is 11.4. The molecule has 6 heteroatoms. The monoisotopic (exact) mass is 378 g/mol. The SMILES string of the molecule is CCNC(=NCC(c1ccco1)N1CCCCC1)NC1CCC(SC)C1. The summed E-state index contributed by atoms with van der Waals surface area (Å²) in [5.41, 5.74) is 0. The number of piperidine rings is 1. The van der Waals surface area contributed by atoms with Gasteiger partial charge in [0.2, 0.25) is 0 Å². The summed E-state index contributed by atoms with van der Waals surface area (Å²) in [5.74, 6) is 1.99. The van der Waals surface area contributed by atoms with Gasteiger partial charge in [-0.3, -0.25) is 9.89 Å². The van der Waals surface area contributed by atoms with Gasteiger partial charge in [0, 0.05) is 17.8 Å². The van der Waals surface area contributed by atoms with Crippen LogP contribution in [0.25, 0.3) is 0 Å². The smallest absolute Gasteiger partial charge is 0.191 e. The van der Waals surface area contributed by atoms with Crippen molar-refractivity contribution in [1.29, 1.82) is 0 Å². The average Bonchev–Trinajstić information content (AvgIpc) is 3.35. The Kier molecular flexibility index (Phi) is 7.74. The molecular formula is C20H34N4OS. The first kappa shape index (κ1) is 19.6. The van der Waals surface area contributed by atoms with Gasteiger partial charge in [0.15, 0.2) is 5.96 Å². The van der Waals surface area contributed by atoms with Crippen LogP contribution in [0.15, 0.2) is 27.8 Å². The number of nitrogens with one attached hydrogen (secondary N) is 2. The van der Waals surface area contributed by atoms with Gasteiger partial charge in [-0.15, -0.1) is 0 Å². The maximum absolute atomic E-state index is 5.75. The molecule has 0 aromatic carbocycles. The fraction of sp³-hybridized carbons (Fsp3) is 0.750. The van der Waals surface area contributed by atoms with Crippen molar-refractivity contribution >= 4 is 17.7 Å². The summed E-state index contributed by atoms with van der Waals surface area (Å²) >= 11 is 1.99. The van der Waals surface area contributed by atoms with Crippen molar-refractivity contribution in [3.63, 3.8) is 0 Å². The number of hydrogen-bond donors (Lipinski definition) is 2. The molecular weight excluding hydrogens is 344 g/mol. The van der Waals surface area contributed by atoms with Crippen LogP contribution in [0, 0.1) is 0 Å². The third-order valence-corrected chi connectivity index (χ3v) is 6.62. The van der Waals surface area contributed by atoms with Crippen molar-refractivity contribution in [3.05, 3.63) is 24.2 Å². The molecule has 146 valence electrons. The second-order valence-electron chi connectivity index (χ2n) is 7.36. The fourth-order valence-electron chi connectivity index (χ4n) is 4.07. The third kappa shape index (κ3) is 5.43. The van der Waals surface area contributed by atoms with E-state index >= 15 is 0 Å². The molecule has 0 spiro atoms. The Morgan fingerprint density at radius 1 is 1.35 bits per heavy atom. The zero-order valence-electron chi connectivity index (χ0n) is 16.2. The molecule has 3 atom stereocenters. The summed E-state index contributed by atoms with van der Waals surface area (Å²) in [6.07, 6.45) is 11.7. The number of likely N-dealkylation sites (tertiary alicyclic amines) is 1. The minimum Gasteiger partial charge on any atom is -0.468 e. The van der Waals surface area contributed by atoms with Crippen LogP contribution in [-0.2, 0) is 0 Å². The number of aliphatic imine (C=N–C) groups is 1. The van der Waals surface area contributed by atoms with E-state index in [1.165, 1.54) is 38.5 Å². The van der Waals surface area contributed by atoms with E-state index in [9.17, 15) is 0 Å². The largest absolute Gasteiger partial charge is 0.468 e. The lowest BCUT2D eigenvalue weighted by molar-refractivity contribution is 0.150. The van der Waals surface area contributed by atoms with Gasteiger partial charge in [0.1, 0.15) is 5.76 Å². The van der Waals surface area contributed by atoms with E-state index in [2.05, 4.69) is 34.8 Å². The van der Waals surface area contributed by atoms with Crippen LogP contribution in [0.4, 0.5) is 0 Å². The summed E-state index contributed by atoms with van der Waals surface area (Å²) < 4.78 is 5.75. The van der Waals surface area contributed by atoms with E-state index in [-0.39, 0.29) is 6.04 Å². The Morgan fingerprint density at radius 2 is 2.19 bits per heavy atom. The lowest BCUT2D eigenvalue weighted by Crippen LogP contribution is -2.43. The molecule has 1 saturated carbocycles. The van der Waals surface area contributed by atoms with E-state index in [0.29, 0.717) is 6.04 Å². The van der Waals surface area contributed by atoms with Crippen molar-refractivity contribution in [2.45, 2.75) is 62.8 Å². The highest BCUT2D eigenvalue weighted by Gasteiger charge is 2.26. The van der Waals surface area contributed by atoms with Gasteiger partial charge in [0.25, 0.3) is 0 Å². The summed E-state index contributed by atoms with van der Waals surface area (Å²) in [6.45, 7) is 6.04. The second kappa shape index (κ2) is 10.3. The molecule has 2 fully saturated rings. The molecule has 1 aliphatic heterocycles. The lowest BCUT2D eigenvalue weighted by atomic mass is 10.1. The Bertz CT molecular complexity index is 542. The standard InChI is InChI=1S/C20H34N4OS/c1-3-21-20(23-16-9-10-17(14-16)26-2)22-15-18(19-8-7-13-25-19)24-11-5-4-6-12-24/h7-8,13,16-18H,3-6,9-12,14-15H2,1-2H3,(H2,21,22,23). The molecule has 0 radical (unpaired) electrons. The van der Waals surface area contributed by atoms with Crippen LogP contribution in [0.3, 0.4) is 0 Å². The summed E-state index contributed by atoms with van der Waals surface area (Å²) in [4.78, 5) is 7.48. The summed E-state index contributed by atoms with van der Waals surface area (Å²) in [6, 6.07) is 4.86. The Balaban J connectivity index is 1.64. The molecule has 2 aliphatic rings. The van der Waals surface area contributed by atoms with Crippen molar-refractivity contribution in [3.8, 4) is 0 Å². The van der Waals surface area contributed by atoms with Gasteiger partial charge in [-0.2, -0.15) is 11.8 Å². The second-order valence-corrected chi connectivity index (χ2v) is 8.50. The Morgan fingerprint density at radius 3 is 2.85 bits per heavy atom. The van der Waals surface area contributed by atoms with Gasteiger partial charge in [0.05, 0.1) is 18.8 Å². The molecule has 3 rings (SSSR count). The minimum atomic E-state index is 0.239. The van der Waals surface area contributed by atoms with Crippen molar-refractivity contribution in [2.75, 3.05) is 32.4 Å². The molecule has 26 heavy (non-hydrogen) atoms. The number of thioether (sulfide) groups is 1. The first-order chi connectivity index (χ1) is 12.8. The van der Waals surface area contributed by atoms with Crippen molar-refractivity contribution < 1.29 is 4.42 Å². The zero-order chi connectivity index (χ0) is 18.2. The van der Waals surface area contributed by atoms with Gasteiger partial charge in [-0.05, 0) is 70.5 Å². The van der Waals surface area contributed by atoms with Crippen molar-refractivity contribution in [2.24, 2.45) is 4.99 Å². The molecule has 1 saturated heterocycles. The number of furan rings is 1. The lowest BCUT2D eigenvalue weighted by Gasteiger charge is -2.32. The Hall–Kier alpha value is -1.14. The van der Waals surface area contributed by atoms with Crippen LogP contribution in [0.5, 0.6) is 0 Å². The van der Waals surface area contributed by atoms with Gasteiger partial charge in [-0.25, -0.2) is 0 Å². The molecule has 2 N–H and O–H groups in total. The van der Waals surface area contributed by atoms with Gasteiger partial charge in [-0.1, -0.05) is 6.42 Å². The number of nitrogens with zero attached hydrogens (tertiary/aromatic N) is 2. The highest BCUT2D eigenvalue weighted by Crippen LogP contribution is 2.28. The molecule has 0 bridgehead atoms. The zero-order valence-corrected chi connectivity index (χ0v) is 17.1. The highest BCUT2D eigenvalue weighted by molar-refractivity contribution is 7.99. The van der Waals surface area contributed by atoms with Crippen LogP contribution in [0.1, 0.15) is 57.3 Å². The topological polar surface area (TPSA) is 52.8 Å². The molecule has 3 unspecified atom stereocenters. The average molecular weight is 379 g/mol. The van der Waals surface area contributed by atoms with Gasteiger partial charge < -0.3 is 15.1 Å². The summed E-state index contributed by atoms with van der Waals surface area (Å²) in [7, 11) is 0. The molecule has 0 amide bonds. The van der Waals surface area contributed by atoms with E-state index in [1.54, 1.807) is 6.26 Å². The first-order valence-electron chi connectivity index (χ1n) is 10.1. The number of hydrogen-bond acceptors (Lipinski definition) is 4. The van der Waals surface area contributed by atoms with E-state index < -0.39 is 0 Å².